The number of anilines is 2. The van der Waals surface area contributed by atoms with E-state index in [0.717, 1.165) is 24.4 Å². The number of piperazine rings is 1. The van der Waals surface area contributed by atoms with Crippen LogP contribution < -0.4 is 15.5 Å². The van der Waals surface area contributed by atoms with Gasteiger partial charge in [0.25, 0.3) is 0 Å². The first-order valence-corrected chi connectivity index (χ1v) is 13.1. The summed E-state index contributed by atoms with van der Waals surface area (Å²) < 4.78 is 23.8. The Bertz CT molecular complexity index is 1680. The Hall–Kier alpha value is -3.81. The average molecular weight is 539 g/mol. The van der Waals surface area contributed by atoms with Gasteiger partial charge in [-0.1, -0.05) is 17.4 Å². The van der Waals surface area contributed by atoms with E-state index in [1.54, 1.807) is 42.7 Å². The lowest BCUT2D eigenvalue weighted by atomic mass is 9.98. The highest BCUT2D eigenvalue weighted by Crippen LogP contribution is 2.28. The number of furan rings is 1. The molecule has 5 aromatic rings. The number of aromatic nitrogens is 5. The molecule has 0 spiro atoms. The normalized spacial score (nSPS) is 15.2. The predicted molar refractivity (Wildman–Crippen MR) is 143 cm³/mol. The summed E-state index contributed by atoms with van der Waals surface area (Å²) in [5.74, 6) is 0.663. The van der Waals surface area contributed by atoms with Crippen molar-refractivity contribution >= 4 is 39.0 Å². The van der Waals surface area contributed by atoms with Gasteiger partial charge in [-0.05, 0) is 43.7 Å². The molecule has 5 heterocycles. The molecule has 0 aliphatic carbocycles. The predicted octanol–water partition coefficient (Wildman–Crippen LogP) is 2.53. The number of aliphatic hydroxyl groups is 1. The van der Waals surface area contributed by atoms with Gasteiger partial charge in [0.1, 0.15) is 10.5 Å². The van der Waals surface area contributed by atoms with Crippen molar-refractivity contribution in [2.75, 3.05) is 43.4 Å². The molecule has 13 heteroatoms. The molecule has 1 aliphatic rings. The number of halogens is 1. The average Bonchev–Trinajstić information content (AvgIpc) is 3.62. The molecule has 1 fully saturated rings. The molecule has 1 aliphatic heterocycles. The van der Waals surface area contributed by atoms with Crippen LogP contribution in [0.3, 0.4) is 0 Å². The first-order valence-electron chi connectivity index (χ1n) is 12.3. The lowest BCUT2D eigenvalue weighted by Gasteiger charge is -2.36. The van der Waals surface area contributed by atoms with Crippen LogP contribution in [0.5, 0.6) is 0 Å². The Kier molecular flexibility index (Phi) is 5.93. The largest absolute Gasteiger partial charge is 0.461 e. The van der Waals surface area contributed by atoms with Crippen LogP contribution in [0, 0.1) is 5.82 Å². The second-order valence-electron chi connectivity index (χ2n) is 9.84. The molecule has 0 saturated carbocycles. The summed E-state index contributed by atoms with van der Waals surface area (Å²) >= 11 is 1.07. The highest BCUT2D eigenvalue weighted by atomic mass is 32.1. The minimum atomic E-state index is -1.09. The second-order valence-corrected chi connectivity index (χ2v) is 10.8. The molecule has 0 radical (unpaired) electrons. The van der Waals surface area contributed by atoms with E-state index in [4.69, 9.17) is 10.2 Å². The van der Waals surface area contributed by atoms with Crippen molar-refractivity contribution in [1.82, 2.24) is 29.0 Å². The van der Waals surface area contributed by atoms with Crippen molar-refractivity contribution in [2.24, 2.45) is 0 Å². The number of hydrogen-bond acceptors (Lipinski definition) is 10. The molecule has 0 unspecified atom stereocenters. The number of nitrogens with zero attached hydrogens (tertiary/aromatic N) is 7. The van der Waals surface area contributed by atoms with Crippen LogP contribution in [-0.4, -0.2) is 66.9 Å². The zero-order chi connectivity index (χ0) is 26.6. The summed E-state index contributed by atoms with van der Waals surface area (Å²) in [6, 6.07) is 8.40. The van der Waals surface area contributed by atoms with Gasteiger partial charge in [0.05, 0.1) is 17.6 Å². The van der Waals surface area contributed by atoms with Crippen LogP contribution in [0.4, 0.5) is 16.0 Å². The van der Waals surface area contributed by atoms with Crippen LogP contribution in [0.15, 0.2) is 45.8 Å². The molecular formula is C25H27FN8O3S. The smallest absolute Gasteiger partial charge is 0.309 e. The summed E-state index contributed by atoms with van der Waals surface area (Å²) in [6.45, 7) is 7.10. The molecule has 0 bridgehead atoms. The van der Waals surface area contributed by atoms with Crippen molar-refractivity contribution in [3.63, 3.8) is 0 Å². The summed E-state index contributed by atoms with van der Waals surface area (Å²) in [5.41, 5.74) is 7.09. The molecule has 11 nitrogen and oxygen atoms in total. The van der Waals surface area contributed by atoms with Gasteiger partial charge in [-0.25, -0.2) is 9.37 Å². The molecule has 0 atom stereocenters. The number of thiazole rings is 1. The van der Waals surface area contributed by atoms with E-state index in [0.29, 0.717) is 65.0 Å². The Morgan fingerprint density at radius 1 is 1.13 bits per heavy atom. The molecule has 6 rings (SSSR count). The van der Waals surface area contributed by atoms with Gasteiger partial charge < -0.3 is 20.2 Å². The number of hydrogen-bond donors (Lipinski definition) is 2. The maximum atomic E-state index is 14.8. The molecule has 198 valence electrons. The number of nitrogens with two attached hydrogens (primary N) is 1. The summed E-state index contributed by atoms with van der Waals surface area (Å²) in [7, 11) is 0. The third kappa shape index (κ3) is 4.31. The minimum Gasteiger partial charge on any atom is -0.461 e. The van der Waals surface area contributed by atoms with Gasteiger partial charge in [0, 0.05) is 39.3 Å². The highest BCUT2D eigenvalue weighted by Gasteiger charge is 2.24. The standard InChI is InChI=1S/C25H27FN8O3S/c1-25(2,36)15-5-6-17(16(26)14-15)32-10-7-31(8-11-32)9-12-33-21-19(38-24(33)35)22-28-20(18-4-3-13-37-18)30-34(22)23(27)29-21/h3-6,13-14,36H,7-12H2,1-2H3,(H2,27,29). The Morgan fingerprint density at radius 3 is 2.61 bits per heavy atom. The van der Waals surface area contributed by atoms with Crippen LogP contribution in [0.25, 0.3) is 27.6 Å². The fraction of sp³-hybridized carbons (Fsp3) is 0.360. The van der Waals surface area contributed by atoms with E-state index in [9.17, 15) is 14.3 Å². The molecule has 4 aromatic heterocycles. The minimum absolute atomic E-state index is 0.135. The van der Waals surface area contributed by atoms with Crippen LogP contribution >= 0.6 is 11.3 Å². The number of nitrogen functional groups attached to an aromatic ring is 1. The maximum absolute atomic E-state index is 14.8. The van der Waals surface area contributed by atoms with E-state index in [1.165, 1.54) is 16.8 Å². The van der Waals surface area contributed by atoms with E-state index in [-0.39, 0.29) is 16.6 Å². The molecule has 38 heavy (non-hydrogen) atoms. The van der Waals surface area contributed by atoms with Crippen molar-refractivity contribution in [3.05, 3.63) is 57.6 Å². The lowest BCUT2D eigenvalue weighted by Crippen LogP contribution is -2.47. The van der Waals surface area contributed by atoms with Gasteiger partial charge in [0.2, 0.25) is 11.8 Å². The van der Waals surface area contributed by atoms with Gasteiger partial charge in [-0.3, -0.25) is 14.3 Å². The number of rotatable bonds is 6. The van der Waals surface area contributed by atoms with Gasteiger partial charge in [-0.2, -0.15) is 9.50 Å². The first kappa shape index (κ1) is 24.5. The van der Waals surface area contributed by atoms with Crippen molar-refractivity contribution in [3.8, 4) is 11.6 Å². The van der Waals surface area contributed by atoms with Crippen molar-refractivity contribution < 1.29 is 13.9 Å². The van der Waals surface area contributed by atoms with E-state index in [2.05, 4.69) is 20.0 Å². The van der Waals surface area contributed by atoms with Crippen molar-refractivity contribution in [1.29, 1.82) is 0 Å². The quantitative estimate of drug-likeness (QED) is 0.335. The van der Waals surface area contributed by atoms with Crippen LogP contribution in [0.1, 0.15) is 19.4 Å². The molecule has 1 aromatic carbocycles. The third-order valence-electron chi connectivity index (χ3n) is 6.86. The molecule has 1 saturated heterocycles. The summed E-state index contributed by atoms with van der Waals surface area (Å²) in [6.07, 6.45) is 1.54. The Labute approximate surface area is 220 Å². The van der Waals surface area contributed by atoms with E-state index < -0.39 is 5.60 Å². The lowest BCUT2D eigenvalue weighted by molar-refractivity contribution is 0.0782. The van der Waals surface area contributed by atoms with Gasteiger partial charge in [0.15, 0.2) is 17.1 Å². The van der Waals surface area contributed by atoms with E-state index >= 15 is 0 Å². The number of fused-ring (bicyclic) bond motifs is 3. The Morgan fingerprint density at radius 2 is 1.92 bits per heavy atom. The van der Waals surface area contributed by atoms with Crippen LogP contribution in [0.2, 0.25) is 0 Å². The van der Waals surface area contributed by atoms with Gasteiger partial charge >= 0.3 is 4.87 Å². The van der Waals surface area contributed by atoms with Gasteiger partial charge in [-0.15, -0.1) is 5.10 Å². The zero-order valence-corrected chi connectivity index (χ0v) is 21.8. The first-order chi connectivity index (χ1) is 18.2. The van der Waals surface area contributed by atoms with Crippen molar-refractivity contribution in [2.45, 2.75) is 26.0 Å². The fourth-order valence-electron chi connectivity index (χ4n) is 4.73. The monoisotopic (exact) mass is 538 g/mol. The molecular weight excluding hydrogens is 511 g/mol. The molecule has 0 amide bonds. The fourth-order valence-corrected chi connectivity index (χ4v) is 5.67. The second kappa shape index (κ2) is 9.19. The summed E-state index contributed by atoms with van der Waals surface area (Å²) in [5, 5.41) is 14.5. The maximum Gasteiger partial charge on any atom is 0.309 e. The van der Waals surface area contributed by atoms with Crippen LogP contribution in [-0.2, 0) is 12.1 Å². The van der Waals surface area contributed by atoms with E-state index in [1.807, 2.05) is 4.90 Å². The highest BCUT2D eigenvalue weighted by molar-refractivity contribution is 7.17. The third-order valence-corrected chi connectivity index (χ3v) is 7.83. The summed E-state index contributed by atoms with van der Waals surface area (Å²) in [4.78, 5) is 26.0. The SMILES string of the molecule is CC(C)(O)c1ccc(N2CCN(CCn3c(=O)sc4c3nc(N)n3nc(-c5ccco5)nc43)CC2)c(F)c1. The zero-order valence-electron chi connectivity index (χ0n) is 21.0. The number of benzene rings is 1. The Balaban J connectivity index is 1.17. The topological polar surface area (TPSA) is 131 Å². The molecule has 3 N–H and O–H groups in total.